The molecule has 10 nitrogen and oxygen atoms in total. The van der Waals surface area contributed by atoms with Crippen LogP contribution in [0.4, 0.5) is 14.9 Å². The minimum Gasteiger partial charge on any atom is -0.446 e. The minimum atomic E-state index is -3.19. The van der Waals surface area contributed by atoms with Gasteiger partial charge in [-0.1, -0.05) is 12.1 Å². The van der Waals surface area contributed by atoms with Crippen molar-refractivity contribution >= 4 is 27.5 Å². The number of piperidine rings is 1. The number of carbonyl (C=O) groups excluding carboxylic acids is 2. The fraction of sp³-hybridized carbons (Fsp3) is 0.611. The number of likely N-dealkylation sites (tertiary alicyclic amines) is 1. The van der Waals surface area contributed by atoms with Crippen molar-refractivity contribution in [3.05, 3.63) is 59.9 Å². The highest BCUT2D eigenvalue weighted by Gasteiger charge is 2.53. The molecule has 2 amide bonds. The van der Waals surface area contributed by atoms with Gasteiger partial charge < -0.3 is 31.3 Å². The lowest BCUT2D eigenvalue weighted by Gasteiger charge is -2.51. The number of hydrogen-bond donors (Lipinski definition) is 3. The predicted molar refractivity (Wildman–Crippen MR) is 183 cm³/mol. The molecule has 2 saturated carbocycles. The Bertz CT molecular complexity index is 1580. The Kier molecular flexibility index (Phi) is 9.81. The smallest absolute Gasteiger partial charge is 0.404 e. The van der Waals surface area contributed by atoms with E-state index in [-0.39, 0.29) is 35.4 Å². The normalized spacial score (nSPS) is 24.1. The molecule has 4 aliphatic rings. The number of rotatable bonds is 12. The van der Waals surface area contributed by atoms with Crippen LogP contribution in [0.15, 0.2) is 53.4 Å². The summed E-state index contributed by atoms with van der Waals surface area (Å²) in [6.07, 6.45) is 4.21. The van der Waals surface area contributed by atoms with Crippen LogP contribution in [0.5, 0.6) is 0 Å². The van der Waals surface area contributed by atoms with Crippen LogP contribution in [0, 0.1) is 23.6 Å². The number of amides is 2. The van der Waals surface area contributed by atoms with Crippen molar-refractivity contribution in [3.8, 4) is 0 Å². The van der Waals surface area contributed by atoms with Gasteiger partial charge in [0.25, 0.3) is 0 Å². The lowest BCUT2D eigenvalue weighted by atomic mass is 9.58. The SMILES string of the molecule is CC(C)(N)C(=O)NC[C@@](c1cccc(F)c1)(C1CCN(CC2CN(c3ccc(S(=O)(=O)C4CC4)cc3)C2)CC1)[C@H]1CCC[C@@H]1OC(N)=O. The fourth-order valence-corrected chi connectivity index (χ4v) is 10.1. The maximum Gasteiger partial charge on any atom is 0.404 e. The standard InChI is InChI=1S/C36H50FN5O5S/c1-35(2,39)33(43)40-23-36(26-5-3-6-27(37)19-26,31-7-4-8-32(31)47-34(38)44)25-15-17-41(18-16-25)20-24-21-42(22-24)28-9-11-29(12-10-28)48(45,46)30-13-14-30/h3,5-6,9-12,19,24-25,30-32H,4,7-8,13-18,20-23,39H2,1-2H3,(H2,38,44)(H,40,43)/t31-,32-,36-/m0/s1. The highest BCUT2D eigenvalue weighted by Crippen LogP contribution is 2.51. The number of benzene rings is 2. The zero-order chi connectivity index (χ0) is 34.3. The molecule has 2 saturated heterocycles. The van der Waals surface area contributed by atoms with Gasteiger partial charge in [-0.3, -0.25) is 4.79 Å². The Labute approximate surface area is 283 Å². The highest BCUT2D eigenvalue weighted by molar-refractivity contribution is 7.92. The summed E-state index contributed by atoms with van der Waals surface area (Å²) in [5.41, 5.74) is 11.7. The van der Waals surface area contributed by atoms with Crippen molar-refractivity contribution < 1.29 is 27.1 Å². The number of primary amides is 1. The topological polar surface area (TPSA) is 148 Å². The summed E-state index contributed by atoms with van der Waals surface area (Å²) >= 11 is 0. The molecule has 2 aliphatic heterocycles. The van der Waals surface area contributed by atoms with E-state index >= 15 is 0 Å². The molecular weight excluding hydrogens is 633 g/mol. The van der Waals surface area contributed by atoms with E-state index in [0.717, 1.165) is 82.5 Å². The Morgan fingerprint density at radius 1 is 1.00 bits per heavy atom. The van der Waals surface area contributed by atoms with Crippen molar-refractivity contribution in [2.24, 2.45) is 29.2 Å². The number of ether oxygens (including phenoxy) is 1. The number of nitrogens with one attached hydrogen (secondary N) is 1. The third-order valence-electron chi connectivity index (χ3n) is 11.2. The van der Waals surface area contributed by atoms with Gasteiger partial charge in [0.05, 0.1) is 15.7 Å². The van der Waals surface area contributed by atoms with Gasteiger partial charge in [-0.2, -0.15) is 0 Å². The van der Waals surface area contributed by atoms with Crippen LogP contribution in [-0.2, 0) is 24.8 Å². The molecular formula is C36H50FN5O5S. The first kappa shape index (κ1) is 34.6. The molecule has 2 aliphatic carbocycles. The van der Waals surface area contributed by atoms with Crippen LogP contribution in [0.1, 0.15) is 64.4 Å². The molecule has 0 aromatic heterocycles. The average molecular weight is 684 g/mol. The Morgan fingerprint density at radius 2 is 1.69 bits per heavy atom. The summed E-state index contributed by atoms with van der Waals surface area (Å²) in [5.74, 6) is -0.213. The van der Waals surface area contributed by atoms with E-state index in [2.05, 4.69) is 15.1 Å². The van der Waals surface area contributed by atoms with Crippen LogP contribution < -0.4 is 21.7 Å². The monoisotopic (exact) mass is 683 g/mol. The number of hydrogen-bond acceptors (Lipinski definition) is 8. The van der Waals surface area contributed by atoms with Crippen molar-refractivity contribution in [3.63, 3.8) is 0 Å². The number of sulfone groups is 1. The highest BCUT2D eigenvalue weighted by atomic mass is 32.2. The van der Waals surface area contributed by atoms with E-state index in [1.807, 2.05) is 18.2 Å². The van der Waals surface area contributed by atoms with Gasteiger partial charge in [-0.15, -0.1) is 0 Å². The zero-order valence-electron chi connectivity index (χ0n) is 28.1. The van der Waals surface area contributed by atoms with Gasteiger partial charge in [0, 0.05) is 49.1 Å². The van der Waals surface area contributed by atoms with Gasteiger partial charge in [0.15, 0.2) is 9.84 Å². The first-order valence-corrected chi connectivity index (χ1v) is 18.9. The Balaban J connectivity index is 1.15. The first-order valence-electron chi connectivity index (χ1n) is 17.4. The number of carbonyl (C=O) groups is 2. The second-order valence-corrected chi connectivity index (χ2v) is 17.3. The summed E-state index contributed by atoms with van der Waals surface area (Å²) < 4.78 is 45.7. The second kappa shape index (κ2) is 13.6. The van der Waals surface area contributed by atoms with Crippen LogP contribution in [-0.4, -0.2) is 81.5 Å². The molecule has 3 atom stereocenters. The number of nitrogens with zero attached hydrogens (tertiary/aromatic N) is 2. The van der Waals surface area contributed by atoms with E-state index in [4.69, 9.17) is 16.2 Å². The summed E-state index contributed by atoms with van der Waals surface area (Å²) in [6.45, 7) is 8.08. The molecule has 0 radical (unpaired) electrons. The van der Waals surface area contributed by atoms with E-state index in [1.54, 1.807) is 38.1 Å². The van der Waals surface area contributed by atoms with Gasteiger partial charge in [0.1, 0.15) is 11.9 Å². The Morgan fingerprint density at radius 3 is 2.29 bits per heavy atom. The van der Waals surface area contributed by atoms with E-state index in [0.29, 0.717) is 17.2 Å². The fourth-order valence-electron chi connectivity index (χ4n) is 8.48. The maximum atomic E-state index is 14.9. The molecule has 2 heterocycles. The third-order valence-corrected chi connectivity index (χ3v) is 13.4. The zero-order valence-corrected chi connectivity index (χ0v) is 28.9. The van der Waals surface area contributed by atoms with Gasteiger partial charge >= 0.3 is 6.09 Å². The molecule has 0 spiro atoms. The van der Waals surface area contributed by atoms with Crippen LogP contribution in [0.3, 0.4) is 0 Å². The number of nitrogens with two attached hydrogens (primary N) is 2. The first-order chi connectivity index (χ1) is 22.8. The summed E-state index contributed by atoms with van der Waals surface area (Å²) in [5, 5.41) is 2.91. The van der Waals surface area contributed by atoms with Crippen LogP contribution in [0.25, 0.3) is 0 Å². The molecule has 2 aromatic carbocycles. The second-order valence-electron chi connectivity index (χ2n) is 15.1. The minimum absolute atomic E-state index is 0.0853. The lowest BCUT2D eigenvalue weighted by molar-refractivity contribution is -0.126. The number of halogens is 1. The third kappa shape index (κ3) is 7.21. The summed E-state index contributed by atoms with van der Waals surface area (Å²) in [7, 11) is -3.19. The maximum absolute atomic E-state index is 14.9. The van der Waals surface area contributed by atoms with E-state index in [1.165, 1.54) is 6.07 Å². The predicted octanol–water partition coefficient (Wildman–Crippen LogP) is 3.97. The molecule has 5 N–H and O–H groups in total. The molecule has 0 bridgehead atoms. The molecule has 0 unspecified atom stereocenters. The Hall–Kier alpha value is -3.22. The molecule has 12 heteroatoms. The quantitative estimate of drug-likeness (QED) is 0.305. The largest absolute Gasteiger partial charge is 0.446 e. The molecule has 6 rings (SSSR count). The number of anilines is 1. The van der Waals surface area contributed by atoms with Crippen molar-refractivity contribution in [2.75, 3.05) is 44.2 Å². The van der Waals surface area contributed by atoms with Crippen LogP contribution >= 0.6 is 0 Å². The van der Waals surface area contributed by atoms with Crippen molar-refractivity contribution in [1.82, 2.24) is 10.2 Å². The molecule has 262 valence electrons. The van der Waals surface area contributed by atoms with Crippen molar-refractivity contribution in [2.45, 2.75) is 86.0 Å². The van der Waals surface area contributed by atoms with E-state index in [9.17, 15) is 22.4 Å². The van der Waals surface area contributed by atoms with E-state index < -0.39 is 33.0 Å². The van der Waals surface area contributed by atoms with Gasteiger partial charge in [-0.25, -0.2) is 17.6 Å². The van der Waals surface area contributed by atoms with Crippen LogP contribution in [0.2, 0.25) is 0 Å². The van der Waals surface area contributed by atoms with Crippen molar-refractivity contribution in [1.29, 1.82) is 0 Å². The summed E-state index contributed by atoms with van der Waals surface area (Å²) in [4.78, 5) is 30.3. The van der Waals surface area contributed by atoms with Gasteiger partial charge in [-0.05, 0) is 120 Å². The average Bonchev–Trinajstić information content (AvgIpc) is 3.80. The molecule has 2 aromatic rings. The molecule has 4 fully saturated rings. The van der Waals surface area contributed by atoms with Gasteiger partial charge in [0.2, 0.25) is 5.91 Å². The summed E-state index contributed by atoms with van der Waals surface area (Å²) in [6, 6.07) is 14.0. The molecule has 48 heavy (non-hydrogen) atoms. The lowest BCUT2D eigenvalue weighted by Crippen LogP contribution is -2.59.